The van der Waals surface area contributed by atoms with Crippen molar-refractivity contribution in [2.75, 3.05) is 0 Å². The molecule has 0 radical (unpaired) electrons. The van der Waals surface area contributed by atoms with Crippen LogP contribution in [0, 0.1) is 23.7 Å². The molecule has 1 aliphatic rings. The van der Waals surface area contributed by atoms with Gasteiger partial charge in [-0.3, -0.25) is 0 Å². The topological polar surface area (TPSA) is 0 Å². The summed E-state index contributed by atoms with van der Waals surface area (Å²) in [6.45, 7) is 1.90. The van der Waals surface area contributed by atoms with Gasteiger partial charge < -0.3 is 0 Å². The Hall–Kier alpha value is -1.92. The zero-order chi connectivity index (χ0) is 11.9. The highest BCUT2D eigenvalue weighted by molar-refractivity contribution is 5.40. The van der Waals surface area contributed by atoms with E-state index in [-0.39, 0.29) is 0 Å². The predicted octanol–water partition coefficient (Wildman–Crippen LogP) is 3.93. The molecule has 0 bridgehead atoms. The lowest BCUT2D eigenvalue weighted by Gasteiger charge is -1.93. The molecule has 2 rings (SSSR count). The van der Waals surface area contributed by atoms with Gasteiger partial charge in [0.1, 0.15) is 0 Å². The van der Waals surface area contributed by atoms with Crippen molar-refractivity contribution in [2.45, 2.75) is 32.6 Å². The molecule has 0 atom stereocenters. The molecule has 0 aliphatic heterocycles. The van der Waals surface area contributed by atoms with E-state index in [4.69, 9.17) is 0 Å². The Morgan fingerprint density at radius 3 is 2.59 bits per heavy atom. The molecule has 84 valence electrons. The van der Waals surface area contributed by atoms with E-state index in [1.807, 2.05) is 37.3 Å². The average molecular weight is 220 g/mol. The van der Waals surface area contributed by atoms with Crippen molar-refractivity contribution in [2.24, 2.45) is 0 Å². The zero-order valence-electron chi connectivity index (χ0n) is 10.2. The second-order valence-electron chi connectivity index (χ2n) is 4.12. The van der Waals surface area contributed by atoms with E-state index in [0.717, 1.165) is 18.4 Å². The second-order valence-corrected chi connectivity index (χ2v) is 4.12. The van der Waals surface area contributed by atoms with E-state index in [1.54, 1.807) is 5.57 Å². The fraction of sp³-hybridized carbons (Fsp3) is 0.294. The monoisotopic (exact) mass is 220 g/mol. The number of benzene rings is 1. The highest BCUT2D eigenvalue weighted by atomic mass is 14.2. The summed E-state index contributed by atoms with van der Waals surface area (Å²) in [6, 6.07) is 10.1. The first-order valence-electron chi connectivity index (χ1n) is 6.07. The summed E-state index contributed by atoms with van der Waals surface area (Å²) in [5.41, 5.74) is 3.96. The van der Waals surface area contributed by atoms with Gasteiger partial charge in [-0.2, -0.15) is 0 Å². The summed E-state index contributed by atoms with van der Waals surface area (Å²) in [4.78, 5) is 0. The van der Waals surface area contributed by atoms with Crippen LogP contribution >= 0.6 is 0 Å². The molecular formula is C17H16. The van der Waals surface area contributed by atoms with Gasteiger partial charge in [-0.1, -0.05) is 41.5 Å². The maximum atomic E-state index is 3.22. The van der Waals surface area contributed by atoms with Crippen molar-refractivity contribution in [3.63, 3.8) is 0 Å². The van der Waals surface area contributed by atoms with E-state index in [1.165, 1.54) is 18.4 Å². The molecule has 1 aliphatic carbocycles. The number of hydrogen-bond acceptors (Lipinski definition) is 0. The molecule has 17 heavy (non-hydrogen) atoms. The van der Waals surface area contributed by atoms with Crippen LogP contribution in [0.15, 0.2) is 41.5 Å². The Kier molecular flexibility index (Phi) is 4.06. The summed E-state index contributed by atoms with van der Waals surface area (Å²) >= 11 is 0. The molecule has 1 fully saturated rings. The van der Waals surface area contributed by atoms with Crippen LogP contribution in [0.5, 0.6) is 0 Å². The maximum absolute atomic E-state index is 3.22. The van der Waals surface area contributed by atoms with Crippen molar-refractivity contribution >= 4 is 0 Å². The Labute approximate surface area is 104 Å². The molecule has 0 heteroatoms. The van der Waals surface area contributed by atoms with Crippen LogP contribution in [0.1, 0.15) is 38.2 Å². The minimum Gasteiger partial charge on any atom is -0.102 e. The lowest BCUT2D eigenvalue weighted by molar-refractivity contribution is 1.04. The number of rotatable bonds is 2. The van der Waals surface area contributed by atoms with Crippen LogP contribution in [0.4, 0.5) is 0 Å². The van der Waals surface area contributed by atoms with Crippen LogP contribution in [0.2, 0.25) is 0 Å². The van der Waals surface area contributed by atoms with E-state index >= 15 is 0 Å². The average Bonchev–Trinajstić information content (AvgIpc) is 3.19. The predicted molar refractivity (Wildman–Crippen MR) is 72.3 cm³/mol. The van der Waals surface area contributed by atoms with Crippen LogP contribution in [0.25, 0.3) is 0 Å². The molecule has 0 aromatic heterocycles. The normalized spacial score (nSPS) is 11.9. The molecule has 0 N–H and O–H groups in total. The van der Waals surface area contributed by atoms with Crippen molar-refractivity contribution < 1.29 is 0 Å². The van der Waals surface area contributed by atoms with Crippen molar-refractivity contribution in [3.8, 4) is 23.7 Å². The van der Waals surface area contributed by atoms with Crippen LogP contribution in [0.3, 0.4) is 0 Å². The van der Waals surface area contributed by atoms with Gasteiger partial charge in [0.25, 0.3) is 0 Å². The van der Waals surface area contributed by atoms with E-state index < -0.39 is 0 Å². The Bertz CT molecular complexity index is 518. The van der Waals surface area contributed by atoms with E-state index in [0.29, 0.717) is 0 Å². The molecular weight excluding hydrogens is 204 g/mol. The van der Waals surface area contributed by atoms with Crippen molar-refractivity contribution in [1.29, 1.82) is 0 Å². The van der Waals surface area contributed by atoms with Gasteiger partial charge in [0.2, 0.25) is 0 Å². The van der Waals surface area contributed by atoms with Gasteiger partial charge in [0.15, 0.2) is 0 Å². The third kappa shape index (κ3) is 3.86. The summed E-state index contributed by atoms with van der Waals surface area (Å²) in [7, 11) is 0. The van der Waals surface area contributed by atoms with Gasteiger partial charge in [-0.15, -0.1) is 5.92 Å². The highest BCUT2D eigenvalue weighted by Gasteiger charge is 2.15. The van der Waals surface area contributed by atoms with Gasteiger partial charge in [-0.25, -0.2) is 0 Å². The molecule has 0 unspecified atom stereocenters. The van der Waals surface area contributed by atoms with Gasteiger partial charge >= 0.3 is 0 Å². The van der Waals surface area contributed by atoms with Gasteiger partial charge in [-0.05, 0) is 38.3 Å². The quantitative estimate of drug-likeness (QED) is 0.662. The van der Waals surface area contributed by atoms with E-state index in [2.05, 4.69) is 23.7 Å². The summed E-state index contributed by atoms with van der Waals surface area (Å²) in [5, 5.41) is 0. The highest BCUT2D eigenvalue weighted by Crippen LogP contribution is 2.32. The lowest BCUT2D eigenvalue weighted by atomic mass is 10.1. The lowest BCUT2D eigenvalue weighted by Crippen LogP contribution is -1.79. The van der Waals surface area contributed by atoms with Crippen LogP contribution in [-0.4, -0.2) is 0 Å². The fourth-order valence-electron chi connectivity index (χ4n) is 1.72. The SMILES string of the molecule is CC#CC(CCC#Cc1ccccc1)=C1CC1. The number of hydrogen-bond donors (Lipinski definition) is 0. The molecule has 0 heterocycles. The van der Waals surface area contributed by atoms with Gasteiger partial charge in [0.05, 0.1) is 0 Å². The Morgan fingerprint density at radius 2 is 1.94 bits per heavy atom. The smallest absolute Gasteiger partial charge is 0.0245 e. The molecule has 0 saturated heterocycles. The standard InChI is InChI=1S/C17H16/c1-2-8-16(17-13-14-17)12-7-6-11-15-9-4-3-5-10-15/h3-5,9-10H,7,12-14H2,1H3. The van der Waals surface area contributed by atoms with E-state index in [9.17, 15) is 0 Å². The minimum atomic E-state index is 0.905. The molecule has 1 aromatic rings. The molecule has 1 aromatic carbocycles. The third-order valence-electron chi connectivity index (χ3n) is 2.71. The van der Waals surface area contributed by atoms with Crippen LogP contribution < -0.4 is 0 Å². The third-order valence-corrected chi connectivity index (χ3v) is 2.71. The zero-order valence-corrected chi connectivity index (χ0v) is 10.2. The van der Waals surface area contributed by atoms with Gasteiger partial charge in [0, 0.05) is 17.6 Å². The largest absolute Gasteiger partial charge is 0.102 e. The molecule has 0 spiro atoms. The Balaban J connectivity index is 1.89. The molecule has 0 amide bonds. The molecule has 1 saturated carbocycles. The summed E-state index contributed by atoms with van der Waals surface area (Å²) in [6.07, 6.45) is 4.41. The van der Waals surface area contributed by atoms with Crippen molar-refractivity contribution in [3.05, 3.63) is 47.0 Å². The Morgan fingerprint density at radius 1 is 1.18 bits per heavy atom. The summed E-state index contributed by atoms with van der Waals surface area (Å²) < 4.78 is 0. The minimum absolute atomic E-state index is 0.905. The second kappa shape index (κ2) is 5.97. The maximum Gasteiger partial charge on any atom is 0.0245 e. The summed E-state index contributed by atoms with van der Waals surface area (Å²) in [5.74, 6) is 12.6. The first-order valence-corrected chi connectivity index (χ1v) is 6.07. The number of allylic oxidation sites excluding steroid dienone is 2. The fourth-order valence-corrected chi connectivity index (χ4v) is 1.72. The molecule has 0 nitrogen and oxygen atoms in total. The van der Waals surface area contributed by atoms with Crippen molar-refractivity contribution in [1.82, 2.24) is 0 Å². The van der Waals surface area contributed by atoms with Crippen LogP contribution in [-0.2, 0) is 0 Å². The first kappa shape index (κ1) is 11.6. The first-order chi connectivity index (χ1) is 8.40.